The monoisotopic (exact) mass is 223 g/mol. The molecule has 0 saturated carbocycles. The maximum Gasteiger partial charge on any atom is 0.143 e. The Morgan fingerprint density at radius 3 is 3.12 bits per heavy atom. The molecule has 2 heterocycles. The largest absolute Gasteiger partial charge is 0.384 e. The number of anilines is 2. The van der Waals surface area contributed by atoms with Crippen LogP contribution >= 0.6 is 0 Å². The molecular formula is C10H17N5O. The Morgan fingerprint density at radius 1 is 1.62 bits per heavy atom. The maximum atomic E-state index is 5.69. The molecule has 1 aromatic heterocycles. The van der Waals surface area contributed by atoms with Crippen molar-refractivity contribution >= 4 is 11.6 Å². The average Bonchev–Trinajstić information content (AvgIpc) is 2.31. The van der Waals surface area contributed by atoms with Crippen molar-refractivity contribution in [1.29, 1.82) is 0 Å². The van der Waals surface area contributed by atoms with Crippen LogP contribution in [0.3, 0.4) is 0 Å². The first-order chi connectivity index (χ1) is 7.81. The van der Waals surface area contributed by atoms with Crippen LogP contribution in [0.25, 0.3) is 0 Å². The van der Waals surface area contributed by atoms with Crippen molar-refractivity contribution in [2.75, 3.05) is 36.9 Å². The highest BCUT2D eigenvalue weighted by Gasteiger charge is 2.21. The lowest BCUT2D eigenvalue weighted by atomic mass is 10.3. The molecule has 2 rings (SSSR count). The number of nitrogens with one attached hydrogen (secondary N) is 1. The zero-order valence-electron chi connectivity index (χ0n) is 9.39. The van der Waals surface area contributed by atoms with Crippen LogP contribution < -0.4 is 16.0 Å². The molecule has 6 heteroatoms. The van der Waals surface area contributed by atoms with Gasteiger partial charge in [0.05, 0.1) is 6.61 Å². The molecular weight excluding hydrogens is 206 g/mol. The van der Waals surface area contributed by atoms with E-state index in [9.17, 15) is 0 Å². The zero-order chi connectivity index (χ0) is 11.4. The zero-order valence-corrected chi connectivity index (χ0v) is 9.39. The second kappa shape index (κ2) is 5.09. The van der Waals surface area contributed by atoms with E-state index in [1.807, 2.05) is 0 Å². The van der Waals surface area contributed by atoms with Crippen molar-refractivity contribution in [3.05, 3.63) is 12.4 Å². The minimum absolute atomic E-state index is 0.0213. The van der Waals surface area contributed by atoms with Gasteiger partial charge in [0, 0.05) is 25.7 Å². The topological polar surface area (TPSA) is 76.3 Å². The van der Waals surface area contributed by atoms with Gasteiger partial charge >= 0.3 is 0 Å². The quantitative estimate of drug-likeness (QED) is 0.741. The van der Waals surface area contributed by atoms with Gasteiger partial charge in [-0.1, -0.05) is 0 Å². The number of rotatable bonds is 3. The van der Waals surface area contributed by atoms with E-state index < -0.39 is 0 Å². The second-order valence-corrected chi connectivity index (χ2v) is 3.62. The predicted molar refractivity (Wildman–Crippen MR) is 62.1 cm³/mol. The molecule has 1 aliphatic rings. The number of nitrogens with two attached hydrogens (primary N) is 1. The Balaban J connectivity index is 2.14. The first kappa shape index (κ1) is 11.1. The molecule has 0 radical (unpaired) electrons. The number of hydrogen-bond acceptors (Lipinski definition) is 6. The normalized spacial score (nSPS) is 20.7. The van der Waals surface area contributed by atoms with E-state index in [1.165, 1.54) is 6.33 Å². The number of hydrogen-bond donors (Lipinski definition) is 2. The second-order valence-electron chi connectivity index (χ2n) is 3.62. The molecule has 1 atom stereocenters. The molecule has 1 fully saturated rings. The molecule has 1 saturated heterocycles. The summed E-state index contributed by atoms with van der Waals surface area (Å²) in [6.45, 7) is 5.32. The lowest BCUT2D eigenvalue weighted by Crippen LogP contribution is -2.49. The molecule has 1 aromatic rings. The van der Waals surface area contributed by atoms with Crippen LogP contribution in [-0.4, -0.2) is 42.4 Å². The summed E-state index contributed by atoms with van der Waals surface area (Å²) in [6.07, 6.45) is 1.50. The van der Waals surface area contributed by atoms with Crippen LogP contribution in [0.1, 0.15) is 6.92 Å². The highest BCUT2D eigenvalue weighted by molar-refractivity contribution is 5.46. The number of nitrogen functional groups attached to an aromatic ring is 1. The fourth-order valence-corrected chi connectivity index (χ4v) is 1.78. The molecule has 3 N–H and O–H groups in total. The third-order valence-corrected chi connectivity index (χ3v) is 2.56. The summed E-state index contributed by atoms with van der Waals surface area (Å²) in [5, 5.41) is 3.29. The minimum atomic E-state index is 0.0213. The summed E-state index contributed by atoms with van der Waals surface area (Å²) >= 11 is 0. The van der Waals surface area contributed by atoms with Crippen molar-refractivity contribution in [2.45, 2.75) is 13.2 Å². The van der Waals surface area contributed by atoms with E-state index in [4.69, 9.17) is 10.5 Å². The van der Waals surface area contributed by atoms with E-state index in [0.29, 0.717) is 5.82 Å². The van der Waals surface area contributed by atoms with Gasteiger partial charge in [-0.15, -0.1) is 0 Å². The first-order valence-corrected chi connectivity index (χ1v) is 5.47. The van der Waals surface area contributed by atoms with Gasteiger partial charge in [0.1, 0.15) is 24.2 Å². The van der Waals surface area contributed by atoms with Gasteiger partial charge in [-0.3, -0.25) is 0 Å². The standard InChI is InChI=1S/C10H17N5O/c1-2-15(10-6-12-3-4-16-10)9-5-8(11)13-7-14-9/h5,7,10,12H,2-4,6H2,1H3,(H2,11,13,14). The SMILES string of the molecule is CCN(c1cc(N)ncn1)C1CNCCO1. The van der Waals surface area contributed by atoms with E-state index in [2.05, 4.69) is 27.1 Å². The summed E-state index contributed by atoms with van der Waals surface area (Å²) in [5.41, 5.74) is 5.65. The van der Waals surface area contributed by atoms with Crippen molar-refractivity contribution < 1.29 is 4.74 Å². The summed E-state index contributed by atoms with van der Waals surface area (Å²) in [4.78, 5) is 10.2. The molecule has 0 amide bonds. The van der Waals surface area contributed by atoms with Crippen molar-refractivity contribution in [3.63, 3.8) is 0 Å². The number of morpholine rings is 1. The Morgan fingerprint density at radius 2 is 2.50 bits per heavy atom. The van der Waals surface area contributed by atoms with E-state index >= 15 is 0 Å². The first-order valence-electron chi connectivity index (χ1n) is 5.47. The van der Waals surface area contributed by atoms with Crippen molar-refractivity contribution in [3.8, 4) is 0 Å². The predicted octanol–water partition coefficient (Wildman–Crippen LogP) is -0.169. The molecule has 1 aliphatic heterocycles. The Hall–Kier alpha value is -1.40. The molecule has 0 aliphatic carbocycles. The Bertz CT molecular complexity index is 340. The number of likely N-dealkylation sites (N-methyl/N-ethyl adjacent to an activating group) is 1. The van der Waals surface area contributed by atoms with Gasteiger partial charge in [-0.25, -0.2) is 9.97 Å². The highest BCUT2D eigenvalue weighted by atomic mass is 16.5. The van der Waals surface area contributed by atoms with Crippen molar-refractivity contribution in [1.82, 2.24) is 15.3 Å². The van der Waals surface area contributed by atoms with Crippen molar-refractivity contribution in [2.24, 2.45) is 0 Å². The molecule has 0 aromatic carbocycles. The minimum Gasteiger partial charge on any atom is -0.384 e. The number of aromatic nitrogens is 2. The van der Waals surface area contributed by atoms with Crippen LogP contribution in [0, 0.1) is 0 Å². The molecule has 0 spiro atoms. The lowest BCUT2D eigenvalue weighted by molar-refractivity contribution is 0.0268. The fourth-order valence-electron chi connectivity index (χ4n) is 1.78. The molecule has 1 unspecified atom stereocenters. The van der Waals surface area contributed by atoms with E-state index in [1.54, 1.807) is 6.07 Å². The smallest absolute Gasteiger partial charge is 0.143 e. The van der Waals surface area contributed by atoms with Gasteiger partial charge in [-0.05, 0) is 6.92 Å². The molecule has 6 nitrogen and oxygen atoms in total. The van der Waals surface area contributed by atoms with Gasteiger partial charge in [0.2, 0.25) is 0 Å². The van der Waals surface area contributed by atoms with Crippen LogP contribution in [0.2, 0.25) is 0 Å². The van der Waals surface area contributed by atoms with Gasteiger partial charge in [0.25, 0.3) is 0 Å². The van der Waals surface area contributed by atoms with Gasteiger partial charge in [0.15, 0.2) is 0 Å². The Labute approximate surface area is 94.8 Å². The van der Waals surface area contributed by atoms with E-state index in [0.717, 1.165) is 32.1 Å². The maximum absolute atomic E-state index is 5.69. The van der Waals surface area contributed by atoms with E-state index in [-0.39, 0.29) is 6.23 Å². The number of ether oxygens (including phenoxy) is 1. The van der Waals surface area contributed by atoms with Crippen LogP contribution in [0.15, 0.2) is 12.4 Å². The molecule has 0 bridgehead atoms. The van der Waals surface area contributed by atoms with Crippen LogP contribution in [-0.2, 0) is 4.74 Å². The van der Waals surface area contributed by atoms with Gasteiger partial charge < -0.3 is 20.7 Å². The average molecular weight is 223 g/mol. The summed E-state index contributed by atoms with van der Waals surface area (Å²) in [5.74, 6) is 1.29. The Kier molecular flexibility index (Phi) is 3.53. The third-order valence-electron chi connectivity index (χ3n) is 2.56. The third kappa shape index (κ3) is 2.40. The summed E-state index contributed by atoms with van der Waals surface area (Å²) in [6, 6.07) is 1.77. The summed E-state index contributed by atoms with van der Waals surface area (Å²) < 4.78 is 5.69. The lowest BCUT2D eigenvalue weighted by Gasteiger charge is -2.34. The molecule has 88 valence electrons. The van der Waals surface area contributed by atoms with Crippen LogP contribution in [0.5, 0.6) is 0 Å². The highest BCUT2D eigenvalue weighted by Crippen LogP contribution is 2.16. The number of nitrogens with zero attached hydrogens (tertiary/aromatic N) is 3. The summed E-state index contributed by atoms with van der Waals surface area (Å²) in [7, 11) is 0. The van der Waals surface area contributed by atoms with Crippen LogP contribution in [0.4, 0.5) is 11.6 Å². The van der Waals surface area contributed by atoms with Gasteiger partial charge in [-0.2, -0.15) is 0 Å². The molecule has 16 heavy (non-hydrogen) atoms. The fraction of sp³-hybridized carbons (Fsp3) is 0.600.